The van der Waals surface area contributed by atoms with Gasteiger partial charge in [0, 0.05) is 26.1 Å². The topological polar surface area (TPSA) is 56.2 Å². The number of allylic oxidation sites excluding steroid dienone is 2. The van der Waals surface area contributed by atoms with Crippen LogP contribution in [0.3, 0.4) is 0 Å². The molecule has 5 heteroatoms. The van der Waals surface area contributed by atoms with Crippen molar-refractivity contribution in [2.24, 2.45) is 5.41 Å². The van der Waals surface area contributed by atoms with E-state index in [9.17, 15) is 4.79 Å². The first-order chi connectivity index (χ1) is 9.72. The first-order valence-corrected chi connectivity index (χ1v) is 7.73. The normalized spacial score (nSPS) is 17.3. The van der Waals surface area contributed by atoms with Crippen molar-refractivity contribution in [3.8, 4) is 0 Å². The number of carbonyl (C=O) groups is 1. The molecular weight excluding hydrogens is 286 g/mol. The molecule has 0 atom stereocenters. The largest absolute Gasteiger partial charge is 0.374 e. The summed E-state index contributed by atoms with van der Waals surface area (Å²) in [5.41, 5.74) is 2.79. The summed E-state index contributed by atoms with van der Waals surface area (Å²) >= 11 is 5.66. The van der Waals surface area contributed by atoms with Crippen molar-refractivity contribution in [3.63, 3.8) is 0 Å². The van der Waals surface area contributed by atoms with Crippen molar-refractivity contribution in [1.29, 1.82) is 5.41 Å². The quantitative estimate of drug-likeness (QED) is 0.557. The highest BCUT2D eigenvalue weighted by Gasteiger charge is 2.36. The van der Waals surface area contributed by atoms with Crippen LogP contribution in [0.1, 0.15) is 47.0 Å². The number of hydrogen-bond acceptors (Lipinski definition) is 3. The van der Waals surface area contributed by atoms with Crippen LogP contribution in [-0.4, -0.2) is 29.6 Å². The van der Waals surface area contributed by atoms with Gasteiger partial charge in [-0.15, -0.1) is 0 Å². The van der Waals surface area contributed by atoms with Gasteiger partial charge in [0.1, 0.15) is 11.0 Å². The van der Waals surface area contributed by atoms with Gasteiger partial charge in [0.15, 0.2) is 0 Å². The van der Waals surface area contributed by atoms with E-state index in [1.165, 1.54) is 17.2 Å². The SMILES string of the molecule is CCCC(=O)N(CC1=C(C)CC1(C)C)/C(=C/C(=N)Cl)NC. The van der Waals surface area contributed by atoms with E-state index in [2.05, 4.69) is 26.1 Å². The Balaban J connectivity index is 3.06. The number of rotatable bonds is 7. The van der Waals surface area contributed by atoms with Crippen molar-refractivity contribution < 1.29 is 4.79 Å². The predicted octanol–water partition coefficient (Wildman–Crippen LogP) is 3.64. The lowest BCUT2D eigenvalue weighted by atomic mass is 9.67. The van der Waals surface area contributed by atoms with E-state index in [0.717, 1.165) is 12.8 Å². The zero-order chi connectivity index (χ0) is 16.2. The molecule has 1 rings (SSSR count). The highest BCUT2D eigenvalue weighted by atomic mass is 35.5. The lowest BCUT2D eigenvalue weighted by Gasteiger charge is -2.42. The third-order valence-corrected chi connectivity index (χ3v) is 4.04. The Morgan fingerprint density at radius 3 is 2.52 bits per heavy atom. The molecule has 0 unspecified atom stereocenters. The van der Waals surface area contributed by atoms with Gasteiger partial charge in [0.2, 0.25) is 5.91 Å². The van der Waals surface area contributed by atoms with Crippen LogP contribution >= 0.6 is 11.6 Å². The Hall–Kier alpha value is -1.29. The van der Waals surface area contributed by atoms with Gasteiger partial charge in [-0.2, -0.15) is 0 Å². The summed E-state index contributed by atoms with van der Waals surface area (Å²) in [5, 5.41) is 10.3. The molecule has 0 aromatic heterocycles. The minimum absolute atomic E-state index is 0.0546. The zero-order valence-corrected chi connectivity index (χ0v) is 14.4. The number of halogens is 1. The maximum atomic E-state index is 12.4. The highest BCUT2D eigenvalue weighted by Crippen LogP contribution is 2.45. The summed E-state index contributed by atoms with van der Waals surface area (Å²) in [7, 11) is 1.74. The Kier molecular flexibility index (Phi) is 6.02. The van der Waals surface area contributed by atoms with Gasteiger partial charge < -0.3 is 5.32 Å². The van der Waals surface area contributed by atoms with E-state index >= 15 is 0 Å². The summed E-state index contributed by atoms with van der Waals surface area (Å²) in [6.45, 7) is 9.07. The number of nitrogens with one attached hydrogen (secondary N) is 2. The average molecular weight is 312 g/mol. The first kappa shape index (κ1) is 17.8. The standard InChI is InChI=1S/C16H26ClN3O/c1-6-7-15(21)20(14(19-5)8-13(17)18)10-12-11(2)9-16(12,3)4/h8,18-19H,6-7,9-10H2,1-5H3/b14-8+,18-13?. The monoisotopic (exact) mass is 311 g/mol. The minimum Gasteiger partial charge on any atom is -0.374 e. The van der Waals surface area contributed by atoms with Crippen molar-refractivity contribution in [3.05, 3.63) is 23.0 Å². The molecule has 118 valence electrons. The summed E-state index contributed by atoms with van der Waals surface area (Å²) < 4.78 is 0. The van der Waals surface area contributed by atoms with Crippen LogP contribution in [0.2, 0.25) is 0 Å². The third-order valence-electron chi connectivity index (χ3n) is 3.93. The molecule has 0 heterocycles. The fourth-order valence-corrected chi connectivity index (χ4v) is 3.02. The second-order valence-corrected chi connectivity index (χ2v) is 6.58. The molecule has 0 aromatic carbocycles. The van der Waals surface area contributed by atoms with Gasteiger partial charge in [-0.3, -0.25) is 15.1 Å². The molecule has 0 radical (unpaired) electrons. The zero-order valence-electron chi connectivity index (χ0n) is 13.6. The van der Waals surface area contributed by atoms with Gasteiger partial charge in [-0.05, 0) is 30.8 Å². The molecule has 0 bridgehead atoms. The number of hydrogen-bond donors (Lipinski definition) is 2. The van der Waals surface area contributed by atoms with E-state index in [0.29, 0.717) is 18.8 Å². The molecule has 1 aliphatic rings. The van der Waals surface area contributed by atoms with Gasteiger partial charge >= 0.3 is 0 Å². The third kappa shape index (κ3) is 4.34. The number of amides is 1. The van der Waals surface area contributed by atoms with Crippen molar-refractivity contribution in [2.45, 2.75) is 47.0 Å². The fraction of sp³-hybridized carbons (Fsp3) is 0.625. The molecule has 0 aromatic rings. The van der Waals surface area contributed by atoms with Crippen LogP contribution in [0.4, 0.5) is 0 Å². The van der Waals surface area contributed by atoms with E-state index < -0.39 is 0 Å². The smallest absolute Gasteiger partial charge is 0.228 e. The highest BCUT2D eigenvalue weighted by molar-refractivity contribution is 6.67. The van der Waals surface area contributed by atoms with E-state index in [4.69, 9.17) is 17.0 Å². The van der Waals surface area contributed by atoms with Gasteiger partial charge in [-0.25, -0.2) is 0 Å². The molecule has 1 amide bonds. The van der Waals surface area contributed by atoms with Crippen LogP contribution in [-0.2, 0) is 4.79 Å². The molecule has 0 spiro atoms. The minimum atomic E-state index is -0.0905. The van der Waals surface area contributed by atoms with Crippen LogP contribution in [0.25, 0.3) is 0 Å². The van der Waals surface area contributed by atoms with Crippen LogP contribution in [0.5, 0.6) is 0 Å². The van der Waals surface area contributed by atoms with Gasteiger partial charge in [0.05, 0.1) is 0 Å². The molecule has 0 fully saturated rings. The first-order valence-electron chi connectivity index (χ1n) is 7.36. The van der Waals surface area contributed by atoms with Gasteiger partial charge in [-0.1, -0.05) is 37.9 Å². The van der Waals surface area contributed by atoms with E-state index in [1.807, 2.05) is 6.92 Å². The molecule has 1 aliphatic carbocycles. The second-order valence-electron chi connectivity index (χ2n) is 6.18. The Morgan fingerprint density at radius 2 is 2.14 bits per heavy atom. The van der Waals surface area contributed by atoms with Gasteiger partial charge in [0.25, 0.3) is 0 Å². The van der Waals surface area contributed by atoms with Crippen LogP contribution in [0.15, 0.2) is 23.0 Å². The van der Waals surface area contributed by atoms with Crippen LogP contribution < -0.4 is 5.32 Å². The number of nitrogens with zero attached hydrogens (tertiary/aromatic N) is 1. The maximum absolute atomic E-state index is 12.4. The van der Waals surface area contributed by atoms with Crippen molar-refractivity contribution >= 4 is 22.7 Å². The van der Waals surface area contributed by atoms with Crippen LogP contribution in [0, 0.1) is 10.8 Å². The summed E-state index contributed by atoms with van der Waals surface area (Å²) in [6, 6.07) is 0. The summed E-state index contributed by atoms with van der Waals surface area (Å²) in [4.78, 5) is 14.1. The average Bonchev–Trinajstić information content (AvgIpc) is 2.36. The molecule has 21 heavy (non-hydrogen) atoms. The van der Waals surface area contributed by atoms with E-state index in [-0.39, 0.29) is 16.5 Å². The second kappa shape index (κ2) is 7.12. The van der Waals surface area contributed by atoms with Crippen molar-refractivity contribution in [1.82, 2.24) is 10.2 Å². The maximum Gasteiger partial charge on any atom is 0.228 e. The lowest BCUT2D eigenvalue weighted by Crippen LogP contribution is -2.42. The summed E-state index contributed by atoms with van der Waals surface area (Å²) in [6.07, 6.45) is 3.84. The molecule has 0 saturated carbocycles. The predicted molar refractivity (Wildman–Crippen MR) is 88.4 cm³/mol. The molecular formula is C16H26ClN3O. The lowest BCUT2D eigenvalue weighted by molar-refractivity contribution is -0.129. The fourth-order valence-electron chi connectivity index (χ4n) is 2.92. The van der Waals surface area contributed by atoms with Crippen molar-refractivity contribution in [2.75, 3.05) is 13.6 Å². The Labute approximate surface area is 132 Å². The molecule has 4 nitrogen and oxygen atoms in total. The molecule has 2 N–H and O–H groups in total. The molecule has 0 aliphatic heterocycles. The Bertz CT molecular complexity index is 492. The van der Waals surface area contributed by atoms with E-state index in [1.54, 1.807) is 11.9 Å². The number of carbonyl (C=O) groups excluding carboxylic acids is 1. The summed E-state index contributed by atoms with van der Waals surface area (Å²) in [5.74, 6) is 0.635. The molecule has 0 saturated heterocycles. The Morgan fingerprint density at radius 1 is 1.52 bits per heavy atom.